The van der Waals surface area contributed by atoms with Gasteiger partial charge in [-0.15, -0.1) is 0 Å². The highest BCUT2D eigenvalue weighted by molar-refractivity contribution is 7.92. The van der Waals surface area contributed by atoms with Crippen molar-refractivity contribution in [2.75, 3.05) is 18.9 Å². The van der Waals surface area contributed by atoms with Crippen LogP contribution in [0.3, 0.4) is 0 Å². The molecule has 3 rings (SSSR count). The van der Waals surface area contributed by atoms with Gasteiger partial charge < -0.3 is 14.8 Å². The molecule has 0 heterocycles. The highest BCUT2D eigenvalue weighted by atomic mass is 32.2. The number of hydrogen-bond donors (Lipinski definition) is 2. The Labute approximate surface area is 201 Å². The Hall–Kier alpha value is -3.52. The first-order valence-corrected chi connectivity index (χ1v) is 12.4. The second-order valence-electron chi connectivity index (χ2n) is 8.02. The molecule has 0 aliphatic heterocycles. The van der Waals surface area contributed by atoms with Gasteiger partial charge in [0, 0.05) is 12.1 Å². The third kappa shape index (κ3) is 6.51. The molecule has 0 bridgehead atoms. The van der Waals surface area contributed by atoms with E-state index in [1.165, 1.54) is 0 Å². The first-order chi connectivity index (χ1) is 16.2. The molecule has 0 unspecified atom stereocenters. The van der Waals surface area contributed by atoms with Gasteiger partial charge in [-0.25, -0.2) is 8.42 Å². The summed E-state index contributed by atoms with van der Waals surface area (Å²) in [6, 6.07) is 19.0. The number of carbonyl (C=O) groups is 1. The van der Waals surface area contributed by atoms with Crippen LogP contribution in [-0.4, -0.2) is 28.5 Å². The number of sulfonamides is 1. The molecular weight excluding hydrogens is 452 g/mol. The zero-order valence-corrected chi connectivity index (χ0v) is 20.6. The molecule has 2 N–H and O–H groups in total. The molecule has 7 nitrogen and oxygen atoms in total. The number of hydrogen-bond acceptors (Lipinski definition) is 5. The normalized spacial score (nSPS) is 12.0. The fourth-order valence-corrected chi connectivity index (χ4v) is 4.51. The van der Waals surface area contributed by atoms with Crippen molar-refractivity contribution in [3.63, 3.8) is 0 Å². The van der Waals surface area contributed by atoms with Crippen LogP contribution in [0.15, 0.2) is 71.6 Å². The van der Waals surface area contributed by atoms with E-state index in [9.17, 15) is 13.2 Å². The Morgan fingerprint density at radius 3 is 2.18 bits per heavy atom. The van der Waals surface area contributed by atoms with Gasteiger partial charge in [-0.2, -0.15) is 0 Å². The Kier molecular flexibility index (Phi) is 8.17. The lowest BCUT2D eigenvalue weighted by Gasteiger charge is -2.16. The van der Waals surface area contributed by atoms with Crippen LogP contribution in [0.2, 0.25) is 0 Å². The number of methoxy groups -OCH3 is 2. The SMILES string of the molecule is COc1ccc([C@@H](C)NC(=O)CCc2ccc(S(=O)(=O)Nc3ccc(C)cc3)cc2)cc1OC. The van der Waals surface area contributed by atoms with Crippen LogP contribution in [-0.2, 0) is 21.2 Å². The van der Waals surface area contributed by atoms with Gasteiger partial charge in [-0.1, -0.05) is 35.9 Å². The molecule has 3 aromatic carbocycles. The number of aryl methyl sites for hydroxylation is 2. The van der Waals surface area contributed by atoms with Gasteiger partial charge in [0.05, 0.1) is 25.2 Å². The Balaban J connectivity index is 1.55. The van der Waals surface area contributed by atoms with E-state index < -0.39 is 10.0 Å². The third-order valence-corrected chi connectivity index (χ3v) is 6.86. The Morgan fingerprint density at radius 1 is 0.912 bits per heavy atom. The minimum atomic E-state index is -3.68. The number of anilines is 1. The third-order valence-electron chi connectivity index (χ3n) is 5.46. The molecule has 0 aliphatic carbocycles. The summed E-state index contributed by atoms with van der Waals surface area (Å²) >= 11 is 0. The smallest absolute Gasteiger partial charge is 0.261 e. The standard InChI is InChI=1S/C26H30N2O5S/c1-18-5-11-22(12-6-18)28-34(30,31)23-13-7-20(8-14-23)9-16-26(29)27-19(2)21-10-15-24(32-3)25(17-21)33-4/h5-8,10-15,17,19,28H,9,16H2,1-4H3,(H,27,29)/t19-/m1/s1. The summed E-state index contributed by atoms with van der Waals surface area (Å²) in [5.74, 6) is 1.14. The van der Waals surface area contributed by atoms with Crippen LogP contribution in [0.25, 0.3) is 0 Å². The number of carbonyl (C=O) groups excluding carboxylic acids is 1. The molecule has 0 radical (unpaired) electrons. The van der Waals surface area contributed by atoms with Crippen LogP contribution in [0, 0.1) is 6.92 Å². The molecule has 1 amide bonds. The maximum atomic E-state index is 12.6. The van der Waals surface area contributed by atoms with Crippen LogP contribution in [0.5, 0.6) is 11.5 Å². The van der Waals surface area contributed by atoms with Crippen LogP contribution in [0.1, 0.15) is 36.1 Å². The van der Waals surface area contributed by atoms with E-state index in [0.717, 1.165) is 16.7 Å². The molecule has 34 heavy (non-hydrogen) atoms. The first-order valence-electron chi connectivity index (χ1n) is 10.9. The summed E-state index contributed by atoms with van der Waals surface area (Å²) in [4.78, 5) is 12.6. The first kappa shape index (κ1) is 25.1. The summed E-state index contributed by atoms with van der Waals surface area (Å²) in [6.07, 6.45) is 0.779. The predicted octanol–water partition coefficient (Wildman–Crippen LogP) is 4.62. The van der Waals surface area contributed by atoms with Crippen LogP contribution < -0.4 is 19.5 Å². The number of rotatable bonds is 10. The average Bonchev–Trinajstić information content (AvgIpc) is 2.83. The van der Waals surface area contributed by atoms with Gasteiger partial charge in [0.15, 0.2) is 11.5 Å². The molecule has 180 valence electrons. The van der Waals surface area contributed by atoms with E-state index in [-0.39, 0.29) is 23.3 Å². The van der Waals surface area contributed by atoms with E-state index in [1.54, 1.807) is 56.7 Å². The van der Waals surface area contributed by atoms with Crippen molar-refractivity contribution >= 4 is 21.6 Å². The second kappa shape index (κ2) is 11.1. The average molecular weight is 483 g/mol. The van der Waals surface area contributed by atoms with Gasteiger partial charge in [-0.3, -0.25) is 9.52 Å². The molecule has 0 aromatic heterocycles. The largest absolute Gasteiger partial charge is 0.493 e. The molecule has 3 aromatic rings. The zero-order chi connectivity index (χ0) is 24.7. The van der Waals surface area contributed by atoms with Crippen molar-refractivity contribution in [3.8, 4) is 11.5 Å². The Morgan fingerprint density at radius 2 is 1.56 bits per heavy atom. The van der Waals surface area contributed by atoms with E-state index in [1.807, 2.05) is 38.1 Å². The highest BCUT2D eigenvalue weighted by Gasteiger charge is 2.15. The molecule has 0 saturated carbocycles. The molecule has 0 fully saturated rings. The summed E-state index contributed by atoms with van der Waals surface area (Å²) in [7, 11) is -0.536. The van der Waals surface area contributed by atoms with Crippen molar-refractivity contribution in [1.82, 2.24) is 5.32 Å². The summed E-state index contributed by atoms with van der Waals surface area (Å²) < 4.78 is 38.4. The molecule has 0 aliphatic rings. The summed E-state index contributed by atoms with van der Waals surface area (Å²) in [5.41, 5.74) is 3.34. The lowest BCUT2D eigenvalue weighted by molar-refractivity contribution is -0.121. The molecule has 0 saturated heterocycles. The number of amides is 1. The number of ether oxygens (including phenoxy) is 2. The minimum Gasteiger partial charge on any atom is -0.493 e. The van der Waals surface area contributed by atoms with Crippen molar-refractivity contribution in [2.24, 2.45) is 0 Å². The number of nitrogens with one attached hydrogen (secondary N) is 2. The zero-order valence-electron chi connectivity index (χ0n) is 19.8. The van der Waals surface area contributed by atoms with E-state index in [2.05, 4.69) is 10.0 Å². The van der Waals surface area contributed by atoms with Crippen molar-refractivity contribution in [1.29, 1.82) is 0 Å². The van der Waals surface area contributed by atoms with E-state index in [0.29, 0.717) is 23.6 Å². The van der Waals surface area contributed by atoms with Gasteiger partial charge in [-0.05, 0) is 67.8 Å². The molecule has 8 heteroatoms. The molecule has 1 atom stereocenters. The summed E-state index contributed by atoms with van der Waals surface area (Å²) in [5, 5.41) is 2.98. The van der Waals surface area contributed by atoms with E-state index >= 15 is 0 Å². The summed E-state index contributed by atoms with van der Waals surface area (Å²) in [6.45, 7) is 3.84. The molecular formula is C26H30N2O5S. The fourth-order valence-electron chi connectivity index (χ4n) is 3.45. The van der Waals surface area contributed by atoms with Crippen molar-refractivity contribution in [2.45, 2.75) is 37.6 Å². The topological polar surface area (TPSA) is 93.7 Å². The predicted molar refractivity (Wildman–Crippen MR) is 133 cm³/mol. The maximum absolute atomic E-state index is 12.6. The van der Waals surface area contributed by atoms with Gasteiger partial charge in [0.25, 0.3) is 10.0 Å². The monoisotopic (exact) mass is 482 g/mol. The number of benzene rings is 3. The molecule has 0 spiro atoms. The quantitative estimate of drug-likeness (QED) is 0.440. The second-order valence-corrected chi connectivity index (χ2v) is 9.70. The highest BCUT2D eigenvalue weighted by Crippen LogP contribution is 2.30. The van der Waals surface area contributed by atoms with Gasteiger partial charge >= 0.3 is 0 Å². The van der Waals surface area contributed by atoms with Gasteiger partial charge in [0.1, 0.15) is 0 Å². The van der Waals surface area contributed by atoms with Crippen molar-refractivity contribution < 1.29 is 22.7 Å². The van der Waals surface area contributed by atoms with E-state index in [4.69, 9.17) is 9.47 Å². The van der Waals surface area contributed by atoms with Gasteiger partial charge in [0.2, 0.25) is 5.91 Å². The maximum Gasteiger partial charge on any atom is 0.261 e. The van der Waals surface area contributed by atoms with Crippen LogP contribution in [0.4, 0.5) is 5.69 Å². The fraction of sp³-hybridized carbons (Fsp3) is 0.269. The minimum absolute atomic E-state index is 0.0972. The lowest BCUT2D eigenvalue weighted by atomic mass is 10.1. The Bertz CT molecular complexity index is 1220. The lowest BCUT2D eigenvalue weighted by Crippen LogP contribution is -2.26. The van der Waals surface area contributed by atoms with Crippen molar-refractivity contribution in [3.05, 3.63) is 83.4 Å². The van der Waals surface area contributed by atoms with Crippen LogP contribution >= 0.6 is 0 Å².